The van der Waals surface area contributed by atoms with Crippen LogP contribution in [0.4, 0.5) is 17.1 Å². The highest BCUT2D eigenvalue weighted by Gasteiger charge is 2.39. The van der Waals surface area contributed by atoms with Crippen LogP contribution in [0.1, 0.15) is 27.0 Å². The predicted octanol–water partition coefficient (Wildman–Crippen LogP) is 5.30. The van der Waals surface area contributed by atoms with E-state index in [0.717, 1.165) is 21.6 Å². The molecule has 3 aromatic carbocycles. The predicted molar refractivity (Wildman–Crippen MR) is 130 cm³/mol. The number of hydrogen-bond acceptors (Lipinski definition) is 4. The van der Waals surface area contributed by atoms with Gasteiger partial charge in [-0.25, -0.2) is 4.90 Å². The van der Waals surface area contributed by atoms with Gasteiger partial charge in [0.2, 0.25) is 0 Å². The van der Waals surface area contributed by atoms with Gasteiger partial charge >= 0.3 is 0 Å². The number of imide groups is 1. The van der Waals surface area contributed by atoms with Gasteiger partial charge in [0.1, 0.15) is 10.7 Å². The standard InChI is InChI=1S/C26H22ClN3O3/c1-15-7-11-20(12-8-15)30-25(32)22(27)23(26(30)33)29-21-14-18(10-9-17(21)3)24(31)28-19-6-4-5-16(2)13-19/h4-14,29H,1-3H3,(H,28,31). The van der Waals surface area contributed by atoms with E-state index in [1.165, 1.54) is 0 Å². The zero-order chi connectivity index (χ0) is 23.7. The van der Waals surface area contributed by atoms with Gasteiger partial charge < -0.3 is 10.6 Å². The van der Waals surface area contributed by atoms with Crippen LogP contribution in [0.25, 0.3) is 0 Å². The number of halogens is 1. The van der Waals surface area contributed by atoms with Crippen molar-refractivity contribution in [3.05, 3.63) is 99.7 Å². The lowest BCUT2D eigenvalue weighted by molar-refractivity contribution is -0.120. The summed E-state index contributed by atoms with van der Waals surface area (Å²) >= 11 is 6.25. The van der Waals surface area contributed by atoms with E-state index in [1.54, 1.807) is 30.3 Å². The number of carbonyl (C=O) groups is 3. The van der Waals surface area contributed by atoms with Gasteiger partial charge in [0.15, 0.2) is 0 Å². The van der Waals surface area contributed by atoms with Gasteiger partial charge in [-0.2, -0.15) is 0 Å². The van der Waals surface area contributed by atoms with E-state index in [9.17, 15) is 14.4 Å². The number of carbonyl (C=O) groups excluding carboxylic acids is 3. The topological polar surface area (TPSA) is 78.5 Å². The van der Waals surface area contributed by atoms with Crippen LogP contribution >= 0.6 is 11.6 Å². The Morgan fingerprint density at radius 3 is 2.27 bits per heavy atom. The molecule has 166 valence electrons. The maximum absolute atomic E-state index is 13.0. The molecule has 0 spiro atoms. The summed E-state index contributed by atoms with van der Waals surface area (Å²) in [4.78, 5) is 39.5. The molecule has 33 heavy (non-hydrogen) atoms. The second-order valence-corrected chi connectivity index (χ2v) is 8.33. The minimum absolute atomic E-state index is 0.0263. The van der Waals surface area contributed by atoms with Crippen molar-refractivity contribution in [1.82, 2.24) is 0 Å². The zero-order valence-electron chi connectivity index (χ0n) is 18.4. The summed E-state index contributed by atoms with van der Waals surface area (Å²) in [6.45, 7) is 5.69. The molecule has 6 nitrogen and oxygen atoms in total. The summed E-state index contributed by atoms with van der Waals surface area (Å²) in [6.07, 6.45) is 0. The van der Waals surface area contributed by atoms with Crippen LogP contribution in [0.15, 0.2) is 77.5 Å². The summed E-state index contributed by atoms with van der Waals surface area (Å²) in [5.41, 5.74) is 4.82. The lowest BCUT2D eigenvalue weighted by Crippen LogP contribution is -2.32. The number of nitrogens with zero attached hydrogens (tertiary/aromatic N) is 1. The monoisotopic (exact) mass is 459 g/mol. The molecule has 4 rings (SSSR count). The summed E-state index contributed by atoms with van der Waals surface area (Å²) in [5, 5.41) is 5.64. The maximum Gasteiger partial charge on any atom is 0.283 e. The Bertz CT molecular complexity index is 1310. The molecule has 0 aliphatic carbocycles. The molecule has 0 radical (unpaired) electrons. The molecular weight excluding hydrogens is 438 g/mol. The van der Waals surface area contributed by atoms with E-state index in [4.69, 9.17) is 11.6 Å². The van der Waals surface area contributed by atoms with Crippen molar-refractivity contribution in [3.8, 4) is 0 Å². The molecule has 0 atom stereocenters. The van der Waals surface area contributed by atoms with Crippen molar-refractivity contribution >= 4 is 46.4 Å². The molecule has 0 saturated heterocycles. The third kappa shape index (κ3) is 4.52. The molecule has 3 amide bonds. The van der Waals surface area contributed by atoms with Crippen molar-refractivity contribution in [2.45, 2.75) is 20.8 Å². The fourth-order valence-corrected chi connectivity index (χ4v) is 3.71. The van der Waals surface area contributed by atoms with Crippen molar-refractivity contribution < 1.29 is 14.4 Å². The average molecular weight is 460 g/mol. The smallest absolute Gasteiger partial charge is 0.283 e. The highest BCUT2D eigenvalue weighted by molar-refractivity contribution is 6.53. The molecule has 0 aromatic heterocycles. The lowest BCUT2D eigenvalue weighted by Gasteiger charge is -2.16. The van der Waals surface area contributed by atoms with Crippen LogP contribution in [0, 0.1) is 20.8 Å². The lowest BCUT2D eigenvalue weighted by atomic mass is 10.1. The van der Waals surface area contributed by atoms with Crippen LogP contribution in [-0.4, -0.2) is 17.7 Å². The second-order valence-electron chi connectivity index (χ2n) is 7.95. The van der Waals surface area contributed by atoms with Crippen molar-refractivity contribution in [3.63, 3.8) is 0 Å². The van der Waals surface area contributed by atoms with Gasteiger partial charge in [-0.1, -0.05) is 47.5 Å². The number of aryl methyl sites for hydroxylation is 3. The third-order valence-corrected chi connectivity index (χ3v) is 5.71. The summed E-state index contributed by atoms with van der Waals surface area (Å²) in [7, 11) is 0. The van der Waals surface area contributed by atoms with E-state index in [-0.39, 0.29) is 16.6 Å². The van der Waals surface area contributed by atoms with Gasteiger partial charge in [0, 0.05) is 16.9 Å². The number of amides is 3. The molecular formula is C26H22ClN3O3. The van der Waals surface area contributed by atoms with Gasteiger partial charge in [-0.15, -0.1) is 0 Å². The Balaban J connectivity index is 1.58. The molecule has 2 N–H and O–H groups in total. The largest absolute Gasteiger partial charge is 0.349 e. The van der Waals surface area contributed by atoms with Crippen LogP contribution in [-0.2, 0) is 9.59 Å². The zero-order valence-corrected chi connectivity index (χ0v) is 19.2. The molecule has 0 saturated carbocycles. The van der Waals surface area contributed by atoms with Gasteiger partial charge in [0.25, 0.3) is 17.7 Å². The highest BCUT2D eigenvalue weighted by atomic mass is 35.5. The van der Waals surface area contributed by atoms with Gasteiger partial charge in [-0.05, 0) is 68.3 Å². The van der Waals surface area contributed by atoms with E-state index in [0.29, 0.717) is 22.6 Å². The number of nitrogens with one attached hydrogen (secondary N) is 2. The fourth-order valence-electron chi connectivity index (χ4n) is 3.50. The van der Waals surface area contributed by atoms with E-state index in [2.05, 4.69) is 10.6 Å². The van der Waals surface area contributed by atoms with Gasteiger partial charge in [0.05, 0.1) is 5.69 Å². The average Bonchev–Trinajstić information content (AvgIpc) is 2.99. The second kappa shape index (κ2) is 8.92. The normalized spacial score (nSPS) is 13.5. The van der Waals surface area contributed by atoms with Crippen molar-refractivity contribution in [1.29, 1.82) is 0 Å². The van der Waals surface area contributed by atoms with E-state index in [1.807, 2.05) is 57.2 Å². The van der Waals surface area contributed by atoms with E-state index >= 15 is 0 Å². The Labute approximate surface area is 196 Å². The Morgan fingerprint density at radius 2 is 1.58 bits per heavy atom. The number of hydrogen-bond donors (Lipinski definition) is 2. The Kier molecular flexibility index (Phi) is 6.03. The minimum Gasteiger partial charge on any atom is -0.349 e. The molecule has 0 unspecified atom stereocenters. The maximum atomic E-state index is 13.0. The van der Waals surface area contributed by atoms with E-state index < -0.39 is 11.8 Å². The number of rotatable bonds is 5. The first kappa shape index (κ1) is 22.3. The summed E-state index contributed by atoms with van der Waals surface area (Å²) in [5.74, 6) is -1.44. The van der Waals surface area contributed by atoms with Crippen LogP contribution in [0.3, 0.4) is 0 Å². The number of anilines is 3. The summed E-state index contributed by atoms with van der Waals surface area (Å²) in [6, 6.07) is 19.6. The quantitative estimate of drug-likeness (QED) is 0.507. The highest BCUT2D eigenvalue weighted by Crippen LogP contribution is 2.31. The first-order valence-electron chi connectivity index (χ1n) is 10.4. The van der Waals surface area contributed by atoms with Crippen LogP contribution < -0.4 is 15.5 Å². The van der Waals surface area contributed by atoms with Crippen molar-refractivity contribution in [2.24, 2.45) is 0 Å². The van der Waals surface area contributed by atoms with Crippen LogP contribution in [0.2, 0.25) is 0 Å². The SMILES string of the molecule is Cc1ccc(N2C(=O)C(Cl)=C(Nc3cc(C(=O)Nc4cccc(C)c4)ccc3C)C2=O)cc1. The molecule has 0 bridgehead atoms. The summed E-state index contributed by atoms with van der Waals surface area (Å²) < 4.78 is 0. The molecule has 0 fully saturated rings. The molecule has 1 heterocycles. The molecule has 1 aliphatic heterocycles. The Hall–Kier alpha value is -3.90. The van der Waals surface area contributed by atoms with Gasteiger partial charge in [-0.3, -0.25) is 14.4 Å². The third-order valence-electron chi connectivity index (χ3n) is 5.35. The van der Waals surface area contributed by atoms with Crippen molar-refractivity contribution in [2.75, 3.05) is 15.5 Å². The minimum atomic E-state index is -0.598. The van der Waals surface area contributed by atoms with Crippen LogP contribution in [0.5, 0.6) is 0 Å². The molecule has 7 heteroatoms. The molecule has 3 aromatic rings. The fraction of sp³-hybridized carbons (Fsp3) is 0.115. The molecule has 1 aliphatic rings. The first-order chi connectivity index (χ1) is 15.7. The number of benzene rings is 3. The first-order valence-corrected chi connectivity index (χ1v) is 10.7. The Morgan fingerprint density at radius 1 is 0.848 bits per heavy atom.